The first kappa shape index (κ1) is 20.8. The first-order chi connectivity index (χ1) is 15.0. The number of piperazine rings is 1. The van der Waals surface area contributed by atoms with Crippen molar-refractivity contribution in [1.29, 1.82) is 5.26 Å². The summed E-state index contributed by atoms with van der Waals surface area (Å²) in [4.78, 5) is 21.4. The predicted octanol–water partition coefficient (Wildman–Crippen LogP) is 2.71. The van der Waals surface area contributed by atoms with E-state index in [0.717, 1.165) is 49.0 Å². The maximum Gasteiger partial charge on any atom is 0.191 e. The largest absolute Gasteiger partial charge is 0.495 e. The van der Waals surface area contributed by atoms with Crippen molar-refractivity contribution < 1.29 is 9.53 Å². The predicted molar refractivity (Wildman–Crippen MR) is 123 cm³/mol. The van der Waals surface area contributed by atoms with Gasteiger partial charge in [0, 0.05) is 40.3 Å². The van der Waals surface area contributed by atoms with Crippen LogP contribution in [0, 0.1) is 11.3 Å². The topological polar surface area (TPSA) is 63.1 Å². The lowest BCUT2D eigenvalue weighted by Crippen LogP contribution is -2.48. The van der Waals surface area contributed by atoms with E-state index in [4.69, 9.17) is 4.74 Å². The van der Waals surface area contributed by atoms with E-state index in [1.807, 2.05) is 66.4 Å². The summed E-state index contributed by atoms with van der Waals surface area (Å²) < 4.78 is 5.48. The van der Waals surface area contributed by atoms with E-state index in [2.05, 4.69) is 21.9 Å². The molecule has 1 saturated heterocycles. The van der Waals surface area contributed by atoms with Gasteiger partial charge in [-0.2, -0.15) is 5.26 Å². The molecule has 0 aromatic heterocycles. The average molecular weight is 418 g/mol. The molecule has 0 unspecified atom stereocenters. The number of ether oxygens (including phenoxy) is 1. The van der Waals surface area contributed by atoms with Crippen molar-refractivity contribution in [3.05, 3.63) is 59.9 Å². The number of rotatable bonds is 5. The van der Waals surface area contributed by atoms with E-state index in [9.17, 15) is 10.1 Å². The fourth-order valence-electron chi connectivity index (χ4n) is 4.38. The Morgan fingerprint density at radius 1 is 0.935 bits per heavy atom. The summed E-state index contributed by atoms with van der Waals surface area (Å²) in [5, 5.41) is 9.83. The van der Waals surface area contributed by atoms with Crippen molar-refractivity contribution in [2.24, 2.45) is 0 Å². The summed E-state index contributed by atoms with van der Waals surface area (Å²) in [5.41, 5.74) is 3.26. The SMILES string of the molecule is COc1ccccc1N1CCN(CC(=O)C(C#N)=C2N(C)c3ccccc3N2C)CC1. The Morgan fingerprint density at radius 2 is 1.48 bits per heavy atom. The van der Waals surface area contributed by atoms with E-state index in [0.29, 0.717) is 5.82 Å². The number of Topliss-reactive ketones (excluding diaryl/α,β-unsaturated/α-hetero) is 1. The summed E-state index contributed by atoms with van der Waals surface area (Å²) in [5.74, 6) is 1.35. The van der Waals surface area contributed by atoms with Gasteiger partial charge in [-0.15, -0.1) is 0 Å². The molecule has 0 atom stereocenters. The Hall–Kier alpha value is -3.50. The van der Waals surface area contributed by atoms with Crippen LogP contribution in [0.4, 0.5) is 17.1 Å². The van der Waals surface area contributed by atoms with E-state index >= 15 is 0 Å². The lowest BCUT2D eigenvalue weighted by Gasteiger charge is -2.36. The van der Waals surface area contributed by atoms with Gasteiger partial charge in [0.05, 0.1) is 30.7 Å². The second-order valence-electron chi connectivity index (χ2n) is 7.78. The number of hydrogen-bond acceptors (Lipinski definition) is 7. The lowest BCUT2D eigenvalue weighted by molar-refractivity contribution is -0.116. The molecule has 2 aromatic rings. The number of fused-ring (bicyclic) bond motifs is 1. The van der Waals surface area contributed by atoms with E-state index in [1.165, 1.54) is 0 Å². The van der Waals surface area contributed by atoms with Crippen LogP contribution in [0.15, 0.2) is 59.9 Å². The molecule has 2 aliphatic heterocycles. The molecule has 2 aliphatic rings. The molecule has 4 rings (SSSR count). The fraction of sp³-hybridized carbons (Fsp3) is 0.333. The summed E-state index contributed by atoms with van der Waals surface area (Å²) in [6.07, 6.45) is 0. The lowest BCUT2D eigenvalue weighted by atomic mass is 10.1. The molecule has 0 radical (unpaired) electrons. The zero-order chi connectivity index (χ0) is 22.0. The minimum Gasteiger partial charge on any atom is -0.495 e. The monoisotopic (exact) mass is 417 g/mol. The highest BCUT2D eigenvalue weighted by atomic mass is 16.5. The molecule has 1 fully saturated rings. The molecule has 0 saturated carbocycles. The number of para-hydroxylation sites is 4. The number of nitriles is 1. The van der Waals surface area contributed by atoms with Crippen molar-refractivity contribution in [2.45, 2.75) is 0 Å². The van der Waals surface area contributed by atoms with Gasteiger partial charge in [-0.05, 0) is 24.3 Å². The minimum atomic E-state index is -0.144. The summed E-state index contributed by atoms with van der Waals surface area (Å²) in [7, 11) is 5.47. The van der Waals surface area contributed by atoms with Crippen molar-refractivity contribution in [3.8, 4) is 11.8 Å². The summed E-state index contributed by atoms with van der Waals surface area (Å²) in [6, 6.07) is 18.1. The van der Waals surface area contributed by atoms with Crippen LogP contribution in [-0.4, -0.2) is 64.6 Å². The van der Waals surface area contributed by atoms with Crippen LogP contribution in [0.3, 0.4) is 0 Å². The normalized spacial score (nSPS) is 16.2. The van der Waals surface area contributed by atoms with Crippen LogP contribution >= 0.6 is 0 Å². The first-order valence-electron chi connectivity index (χ1n) is 10.4. The molecular weight excluding hydrogens is 390 g/mol. The van der Waals surface area contributed by atoms with Gasteiger partial charge in [-0.3, -0.25) is 9.69 Å². The Balaban J connectivity index is 1.45. The highest BCUT2D eigenvalue weighted by molar-refractivity contribution is 6.03. The highest BCUT2D eigenvalue weighted by Crippen LogP contribution is 2.40. The Morgan fingerprint density at radius 3 is 2.03 bits per heavy atom. The second-order valence-corrected chi connectivity index (χ2v) is 7.78. The third-order valence-electron chi connectivity index (χ3n) is 6.02. The van der Waals surface area contributed by atoms with Gasteiger partial charge in [0.1, 0.15) is 23.2 Å². The molecule has 2 heterocycles. The smallest absolute Gasteiger partial charge is 0.191 e. The average Bonchev–Trinajstić information content (AvgIpc) is 3.05. The van der Waals surface area contributed by atoms with Crippen LogP contribution in [0.1, 0.15) is 0 Å². The van der Waals surface area contributed by atoms with Crippen LogP contribution < -0.4 is 19.4 Å². The number of ketones is 1. The maximum atomic E-state index is 13.1. The highest BCUT2D eigenvalue weighted by Gasteiger charge is 2.32. The van der Waals surface area contributed by atoms with E-state index < -0.39 is 0 Å². The number of anilines is 3. The van der Waals surface area contributed by atoms with Gasteiger partial charge in [0.25, 0.3) is 0 Å². The number of carbonyl (C=O) groups is 1. The van der Waals surface area contributed by atoms with Gasteiger partial charge in [-0.1, -0.05) is 24.3 Å². The van der Waals surface area contributed by atoms with Crippen molar-refractivity contribution >= 4 is 22.8 Å². The molecule has 7 heteroatoms. The molecule has 7 nitrogen and oxygen atoms in total. The molecule has 160 valence electrons. The van der Waals surface area contributed by atoms with Gasteiger partial charge < -0.3 is 19.4 Å². The number of hydrogen-bond donors (Lipinski definition) is 0. The number of methoxy groups -OCH3 is 1. The Bertz CT molecular complexity index is 1020. The molecular formula is C24H27N5O2. The zero-order valence-electron chi connectivity index (χ0n) is 18.2. The van der Waals surface area contributed by atoms with Crippen LogP contribution in [0.2, 0.25) is 0 Å². The molecule has 0 amide bonds. The van der Waals surface area contributed by atoms with Gasteiger partial charge in [0.2, 0.25) is 0 Å². The summed E-state index contributed by atoms with van der Waals surface area (Å²) >= 11 is 0. The fourth-order valence-corrected chi connectivity index (χ4v) is 4.38. The third kappa shape index (κ3) is 3.82. The maximum absolute atomic E-state index is 13.1. The number of carbonyl (C=O) groups excluding carboxylic acids is 1. The zero-order valence-corrected chi connectivity index (χ0v) is 18.2. The quantitative estimate of drug-likeness (QED) is 0.548. The Labute approximate surface area is 183 Å². The van der Waals surface area contributed by atoms with Gasteiger partial charge in [-0.25, -0.2) is 0 Å². The standard InChI is InChI=1S/C24H27N5O2/c1-26-19-8-4-5-9-20(19)27(2)24(26)18(16-25)22(30)17-28-12-14-29(15-13-28)21-10-6-7-11-23(21)31-3/h4-11H,12-15,17H2,1-3H3. The van der Waals surface area contributed by atoms with Crippen LogP contribution in [0.25, 0.3) is 0 Å². The van der Waals surface area contributed by atoms with E-state index in [-0.39, 0.29) is 17.9 Å². The Kier molecular flexibility index (Phi) is 5.83. The second kappa shape index (κ2) is 8.70. The molecule has 31 heavy (non-hydrogen) atoms. The molecule has 0 N–H and O–H groups in total. The third-order valence-corrected chi connectivity index (χ3v) is 6.02. The van der Waals surface area contributed by atoms with Crippen LogP contribution in [-0.2, 0) is 4.79 Å². The molecule has 0 spiro atoms. The van der Waals surface area contributed by atoms with Gasteiger partial charge >= 0.3 is 0 Å². The first-order valence-corrected chi connectivity index (χ1v) is 10.4. The van der Waals surface area contributed by atoms with Crippen molar-refractivity contribution in [2.75, 3.05) is 68.6 Å². The van der Waals surface area contributed by atoms with Crippen molar-refractivity contribution in [1.82, 2.24) is 4.90 Å². The minimum absolute atomic E-state index is 0.144. The number of benzene rings is 2. The molecule has 0 aliphatic carbocycles. The molecule has 0 bridgehead atoms. The van der Waals surface area contributed by atoms with Gasteiger partial charge in [0.15, 0.2) is 5.78 Å². The van der Waals surface area contributed by atoms with Crippen LogP contribution in [0.5, 0.6) is 5.75 Å². The van der Waals surface area contributed by atoms with Crippen molar-refractivity contribution in [3.63, 3.8) is 0 Å². The summed E-state index contributed by atoms with van der Waals surface area (Å²) in [6.45, 7) is 3.35. The molecule has 2 aromatic carbocycles. The number of nitrogens with zero attached hydrogens (tertiary/aromatic N) is 5. The van der Waals surface area contributed by atoms with E-state index in [1.54, 1.807) is 7.11 Å².